The number of ether oxygens (including phenoxy) is 3. The molecule has 0 saturated heterocycles. The quantitative estimate of drug-likeness (QED) is 0.150. The van der Waals surface area contributed by atoms with Gasteiger partial charge in [-0.15, -0.1) is 0 Å². The van der Waals surface area contributed by atoms with E-state index in [1.54, 1.807) is 40.7 Å². The van der Waals surface area contributed by atoms with Gasteiger partial charge in [0.05, 0.1) is 57.1 Å². The number of hydrogen-bond donors (Lipinski definition) is 3. The van der Waals surface area contributed by atoms with Gasteiger partial charge in [0.2, 0.25) is 5.91 Å². The summed E-state index contributed by atoms with van der Waals surface area (Å²) in [6, 6.07) is 9.98. The number of aromatic nitrogens is 3. The first-order valence-corrected chi connectivity index (χ1v) is 14.2. The van der Waals surface area contributed by atoms with Crippen LogP contribution in [0.4, 0.5) is 13.2 Å². The topological polar surface area (TPSA) is 146 Å². The van der Waals surface area contributed by atoms with Crippen molar-refractivity contribution in [1.82, 2.24) is 25.0 Å². The van der Waals surface area contributed by atoms with Gasteiger partial charge in [0.25, 0.3) is 5.91 Å². The van der Waals surface area contributed by atoms with Crippen LogP contribution in [0, 0.1) is 0 Å². The van der Waals surface area contributed by atoms with Gasteiger partial charge in [0.15, 0.2) is 5.65 Å². The highest BCUT2D eigenvalue weighted by Gasteiger charge is 2.30. The zero-order valence-corrected chi connectivity index (χ0v) is 24.6. The smallest absolute Gasteiger partial charge is 0.416 e. The van der Waals surface area contributed by atoms with Crippen LogP contribution in [0.5, 0.6) is 0 Å². The Hall–Kier alpha value is -4.47. The van der Waals surface area contributed by atoms with Crippen molar-refractivity contribution in [2.45, 2.75) is 19.0 Å². The predicted molar refractivity (Wildman–Crippen MR) is 157 cm³/mol. The highest BCUT2D eigenvalue weighted by Crippen LogP contribution is 2.34. The molecule has 242 valence electrons. The van der Waals surface area contributed by atoms with E-state index in [4.69, 9.17) is 19.3 Å². The Morgan fingerprint density at radius 1 is 0.844 bits per heavy atom. The highest BCUT2D eigenvalue weighted by atomic mass is 19.4. The summed E-state index contributed by atoms with van der Waals surface area (Å²) in [5.74, 6) is -1.48. The van der Waals surface area contributed by atoms with Crippen LogP contribution >= 0.6 is 0 Å². The van der Waals surface area contributed by atoms with Gasteiger partial charge in [-0.2, -0.15) is 18.3 Å². The number of carbonyl (C=O) groups is 3. The Morgan fingerprint density at radius 2 is 1.49 bits per heavy atom. The second kappa shape index (κ2) is 15.5. The van der Waals surface area contributed by atoms with Crippen molar-refractivity contribution in [3.8, 4) is 5.69 Å². The van der Waals surface area contributed by atoms with Crippen molar-refractivity contribution in [2.24, 2.45) is 7.05 Å². The van der Waals surface area contributed by atoms with E-state index in [9.17, 15) is 27.6 Å². The number of fused-ring (bicyclic) bond motifs is 3. The summed E-state index contributed by atoms with van der Waals surface area (Å²) in [4.78, 5) is 34.9. The fourth-order valence-electron chi connectivity index (χ4n) is 4.53. The SMILES string of the molecule is Cn1cc2c3cc(C(=O)NCCOCCOCCNC(=O)CCOCCC(=O)O)ccc3n(-c3ccc(C(F)(F)F)cc3)c2n1. The highest BCUT2D eigenvalue weighted by molar-refractivity contribution is 6.10. The zero-order valence-electron chi connectivity index (χ0n) is 24.6. The van der Waals surface area contributed by atoms with Crippen molar-refractivity contribution in [2.75, 3.05) is 52.7 Å². The van der Waals surface area contributed by atoms with Gasteiger partial charge >= 0.3 is 12.1 Å². The van der Waals surface area contributed by atoms with Crippen molar-refractivity contribution in [3.63, 3.8) is 0 Å². The van der Waals surface area contributed by atoms with Gasteiger partial charge in [-0.1, -0.05) is 0 Å². The molecule has 15 heteroatoms. The summed E-state index contributed by atoms with van der Waals surface area (Å²) in [6.07, 6.45) is -2.62. The van der Waals surface area contributed by atoms with Gasteiger partial charge in [-0.3, -0.25) is 23.6 Å². The van der Waals surface area contributed by atoms with Gasteiger partial charge in [-0.25, -0.2) is 0 Å². The van der Waals surface area contributed by atoms with E-state index < -0.39 is 17.7 Å². The molecule has 0 unspecified atom stereocenters. The molecule has 0 aliphatic carbocycles. The van der Waals surface area contributed by atoms with Crippen LogP contribution in [0.15, 0.2) is 48.7 Å². The number of aliphatic carboxylic acids is 1. The number of aryl methyl sites for hydroxylation is 1. The average molecular weight is 634 g/mol. The molecule has 0 aliphatic rings. The molecule has 45 heavy (non-hydrogen) atoms. The third kappa shape index (κ3) is 9.26. The molecule has 4 rings (SSSR count). The standard InChI is InChI=1S/C30H34F3N5O7/c1-37-19-24-23-18-20(2-7-25(23)38(28(24)36-37)22-5-3-21(4-6-22)30(31,32)33)29(42)35-11-15-45-17-16-44-14-10-34-26(39)8-12-43-13-9-27(40)41/h2-7,18-19H,8-17H2,1H3,(H,34,39)(H,35,42)(H,40,41). The molecule has 4 aromatic rings. The Kier molecular flexibility index (Phi) is 11.5. The van der Waals surface area contributed by atoms with Crippen molar-refractivity contribution >= 4 is 39.7 Å². The molecular formula is C30H34F3N5O7. The maximum atomic E-state index is 13.1. The number of nitrogens with one attached hydrogen (secondary N) is 2. The van der Waals surface area contributed by atoms with E-state index in [1.165, 1.54) is 12.1 Å². The van der Waals surface area contributed by atoms with E-state index >= 15 is 0 Å². The number of carbonyl (C=O) groups excluding carboxylic acids is 2. The molecular weight excluding hydrogens is 599 g/mol. The number of alkyl halides is 3. The molecule has 3 N–H and O–H groups in total. The first-order valence-electron chi connectivity index (χ1n) is 14.2. The lowest BCUT2D eigenvalue weighted by Gasteiger charge is -2.10. The largest absolute Gasteiger partial charge is 0.481 e. The first kappa shape index (κ1) is 33.4. The van der Waals surface area contributed by atoms with Crippen molar-refractivity contribution in [1.29, 1.82) is 0 Å². The van der Waals surface area contributed by atoms with Gasteiger partial charge < -0.3 is 30.0 Å². The lowest BCUT2D eigenvalue weighted by atomic mass is 10.1. The lowest BCUT2D eigenvalue weighted by Crippen LogP contribution is -2.29. The van der Waals surface area contributed by atoms with Crippen LogP contribution in [0.25, 0.3) is 27.6 Å². The summed E-state index contributed by atoms with van der Waals surface area (Å²) in [5.41, 5.74) is 1.45. The number of nitrogens with zero attached hydrogens (tertiary/aromatic N) is 3. The number of carboxylic acids is 1. The molecule has 0 saturated carbocycles. The van der Waals surface area contributed by atoms with Crippen LogP contribution in [-0.4, -0.2) is 90.0 Å². The number of amides is 2. The van der Waals surface area contributed by atoms with E-state index in [0.29, 0.717) is 48.8 Å². The predicted octanol–water partition coefficient (Wildman–Crippen LogP) is 3.30. The van der Waals surface area contributed by atoms with Gasteiger partial charge in [-0.05, 0) is 42.5 Å². The summed E-state index contributed by atoms with van der Waals surface area (Å²) in [5, 5.41) is 20.0. The van der Waals surface area contributed by atoms with E-state index in [-0.39, 0.29) is 51.0 Å². The monoisotopic (exact) mass is 633 g/mol. The molecule has 2 aromatic carbocycles. The molecule has 2 aromatic heterocycles. The fourth-order valence-corrected chi connectivity index (χ4v) is 4.53. The molecule has 0 atom stereocenters. The Morgan fingerprint density at radius 3 is 2.16 bits per heavy atom. The van der Waals surface area contributed by atoms with E-state index in [0.717, 1.165) is 22.9 Å². The number of carboxylic acid groups (broad SMARTS) is 1. The second-order valence-electron chi connectivity index (χ2n) is 9.99. The van der Waals surface area contributed by atoms with E-state index in [1.807, 2.05) is 0 Å². The van der Waals surface area contributed by atoms with Gasteiger partial charge in [0.1, 0.15) is 0 Å². The number of halogens is 3. The number of hydrogen-bond acceptors (Lipinski definition) is 7. The normalized spacial score (nSPS) is 11.7. The summed E-state index contributed by atoms with van der Waals surface area (Å²) in [6.45, 7) is 1.93. The molecule has 0 fully saturated rings. The minimum Gasteiger partial charge on any atom is -0.481 e. The second-order valence-corrected chi connectivity index (χ2v) is 9.99. The lowest BCUT2D eigenvalue weighted by molar-refractivity contribution is -0.138. The molecule has 2 heterocycles. The third-order valence-corrected chi connectivity index (χ3v) is 6.67. The summed E-state index contributed by atoms with van der Waals surface area (Å²) >= 11 is 0. The van der Waals surface area contributed by atoms with Gasteiger partial charge in [0, 0.05) is 54.8 Å². The molecule has 2 amide bonds. The zero-order chi connectivity index (χ0) is 32.4. The van der Waals surface area contributed by atoms with Crippen molar-refractivity contribution in [3.05, 3.63) is 59.8 Å². The Balaban J connectivity index is 1.19. The van der Waals surface area contributed by atoms with Crippen LogP contribution in [-0.2, 0) is 37.0 Å². The van der Waals surface area contributed by atoms with Crippen molar-refractivity contribution < 1.29 is 46.9 Å². The summed E-state index contributed by atoms with van der Waals surface area (Å²) < 4.78 is 58.6. The van der Waals surface area contributed by atoms with E-state index in [2.05, 4.69) is 15.7 Å². The minimum absolute atomic E-state index is 0.0619. The molecule has 0 spiro atoms. The third-order valence-electron chi connectivity index (χ3n) is 6.67. The molecule has 0 radical (unpaired) electrons. The maximum absolute atomic E-state index is 13.1. The van der Waals surface area contributed by atoms with Crippen LogP contribution < -0.4 is 10.6 Å². The molecule has 0 bridgehead atoms. The Labute approximate surface area is 256 Å². The first-order chi connectivity index (χ1) is 21.5. The molecule has 12 nitrogen and oxygen atoms in total. The number of rotatable bonds is 17. The number of benzene rings is 2. The average Bonchev–Trinajstić information content (AvgIpc) is 3.51. The fraction of sp³-hybridized carbons (Fsp3) is 0.400. The van der Waals surface area contributed by atoms with Crippen LogP contribution in [0.3, 0.4) is 0 Å². The molecule has 0 aliphatic heterocycles. The minimum atomic E-state index is -4.44. The van der Waals surface area contributed by atoms with Crippen LogP contribution in [0.2, 0.25) is 0 Å². The Bertz CT molecular complexity index is 1620. The summed E-state index contributed by atoms with van der Waals surface area (Å²) in [7, 11) is 1.75. The van der Waals surface area contributed by atoms with Crippen LogP contribution in [0.1, 0.15) is 28.8 Å². The maximum Gasteiger partial charge on any atom is 0.416 e.